The molecule has 0 spiro atoms. The first kappa shape index (κ1) is 20.5. The maximum absolute atomic E-state index is 12.4. The summed E-state index contributed by atoms with van der Waals surface area (Å²) in [6.07, 6.45) is 0.995. The molecule has 7 heteroatoms. The van der Waals surface area contributed by atoms with Crippen molar-refractivity contribution in [2.24, 2.45) is 0 Å². The molecule has 0 aliphatic carbocycles. The van der Waals surface area contributed by atoms with E-state index in [2.05, 4.69) is 22.9 Å². The van der Waals surface area contributed by atoms with Crippen LogP contribution in [0.1, 0.15) is 26.1 Å². The van der Waals surface area contributed by atoms with Crippen LogP contribution in [0.25, 0.3) is 11.0 Å². The van der Waals surface area contributed by atoms with Crippen LogP contribution >= 0.6 is 23.2 Å². The highest BCUT2D eigenvalue weighted by atomic mass is 35.5. The third-order valence-corrected chi connectivity index (χ3v) is 4.93. The van der Waals surface area contributed by atoms with Gasteiger partial charge in [0.05, 0.1) is 16.1 Å². The molecule has 28 heavy (non-hydrogen) atoms. The molecule has 1 aromatic heterocycles. The van der Waals surface area contributed by atoms with Gasteiger partial charge in [-0.2, -0.15) is 0 Å². The maximum atomic E-state index is 12.4. The average Bonchev–Trinajstić information content (AvgIpc) is 3.02. The van der Waals surface area contributed by atoms with Crippen molar-refractivity contribution in [3.05, 3.63) is 58.3 Å². The summed E-state index contributed by atoms with van der Waals surface area (Å²) in [4.78, 5) is 17.1. The predicted octanol–water partition coefficient (Wildman–Crippen LogP) is 4.88. The zero-order valence-corrected chi connectivity index (χ0v) is 17.4. The molecule has 3 rings (SSSR count). The van der Waals surface area contributed by atoms with Crippen molar-refractivity contribution in [2.45, 2.75) is 39.3 Å². The Morgan fingerprint density at radius 3 is 2.79 bits per heavy atom. The number of carbonyl (C=O) groups excluding carboxylic acids is 1. The normalized spacial score (nSPS) is 12.1. The number of carbonyl (C=O) groups is 1. The summed E-state index contributed by atoms with van der Waals surface area (Å²) < 4.78 is 7.87. The minimum Gasteiger partial charge on any atom is -0.479 e. The molecule has 1 amide bonds. The molecular weight excluding hydrogens is 397 g/mol. The van der Waals surface area contributed by atoms with Crippen LogP contribution in [0, 0.1) is 0 Å². The number of halogens is 2. The van der Waals surface area contributed by atoms with Crippen LogP contribution in [-0.4, -0.2) is 28.1 Å². The van der Waals surface area contributed by atoms with E-state index in [1.807, 2.05) is 18.2 Å². The number of hydrogen-bond acceptors (Lipinski definition) is 3. The molecule has 5 nitrogen and oxygen atoms in total. The number of aromatic nitrogens is 2. The van der Waals surface area contributed by atoms with Gasteiger partial charge >= 0.3 is 0 Å². The van der Waals surface area contributed by atoms with Gasteiger partial charge in [0, 0.05) is 24.5 Å². The van der Waals surface area contributed by atoms with Gasteiger partial charge in [-0.05, 0) is 43.7 Å². The third kappa shape index (κ3) is 4.78. The third-order valence-electron chi connectivity index (χ3n) is 4.40. The largest absolute Gasteiger partial charge is 0.479 e. The second-order valence-corrected chi connectivity index (χ2v) is 7.39. The van der Waals surface area contributed by atoms with Gasteiger partial charge in [-0.25, -0.2) is 4.98 Å². The topological polar surface area (TPSA) is 56.2 Å². The van der Waals surface area contributed by atoms with Crippen LogP contribution in [0.15, 0.2) is 42.5 Å². The number of amides is 1. The first-order chi connectivity index (χ1) is 13.5. The zero-order valence-electron chi connectivity index (χ0n) is 15.9. The summed E-state index contributed by atoms with van der Waals surface area (Å²) >= 11 is 12.0. The van der Waals surface area contributed by atoms with E-state index in [0.29, 0.717) is 28.8 Å². The van der Waals surface area contributed by atoms with Crippen molar-refractivity contribution in [3.8, 4) is 5.75 Å². The molecular formula is C21H23Cl2N3O2. The van der Waals surface area contributed by atoms with Crippen LogP contribution in [0.2, 0.25) is 10.0 Å². The lowest BCUT2D eigenvalue weighted by atomic mass is 10.3. The summed E-state index contributed by atoms with van der Waals surface area (Å²) in [5.41, 5.74) is 2.10. The number of para-hydroxylation sites is 2. The summed E-state index contributed by atoms with van der Waals surface area (Å²) in [7, 11) is 0. The second kappa shape index (κ2) is 9.30. The predicted molar refractivity (Wildman–Crippen MR) is 113 cm³/mol. The Morgan fingerprint density at radius 1 is 1.25 bits per heavy atom. The first-order valence-electron chi connectivity index (χ1n) is 9.33. The van der Waals surface area contributed by atoms with Gasteiger partial charge in [-0.15, -0.1) is 0 Å². The van der Waals surface area contributed by atoms with E-state index in [4.69, 9.17) is 32.9 Å². The van der Waals surface area contributed by atoms with Gasteiger partial charge in [0.1, 0.15) is 11.6 Å². The van der Waals surface area contributed by atoms with E-state index < -0.39 is 6.10 Å². The Bertz CT molecular complexity index is 971. The van der Waals surface area contributed by atoms with Crippen molar-refractivity contribution < 1.29 is 9.53 Å². The quantitative estimate of drug-likeness (QED) is 0.565. The number of fused-ring (bicyclic) bond motifs is 1. The fourth-order valence-corrected chi connectivity index (χ4v) is 3.50. The number of nitrogens with zero attached hydrogens (tertiary/aromatic N) is 2. The second-order valence-electron chi connectivity index (χ2n) is 6.54. The van der Waals surface area contributed by atoms with Gasteiger partial charge < -0.3 is 14.6 Å². The zero-order chi connectivity index (χ0) is 20.1. The molecule has 0 radical (unpaired) electrons. The van der Waals surface area contributed by atoms with Crippen molar-refractivity contribution >= 4 is 40.1 Å². The summed E-state index contributed by atoms with van der Waals surface area (Å²) in [5, 5.41) is 3.80. The molecule has 1 N–H and O–H groups in total. The van der Waals surface area contributed by atoms with E-state index in [-0.39, 0.29) is 5.91 Å². The Labute approximate surface area is 174 Å². The molecule has 1 atom stereocenters. The van der Waals surface area contributed by atoms with Crippen LogP contribution in [0.5, 0.6) is 5.75 Å². The Morgan fingerprint density at radius 2 is 2.04 bits per heavy atom. The van der Waals surface area contributed by atoms with Gasteiger partial charge in [0.15, 0.2) is 6.10 Å². The highest BCUT2D eigenvalue weighted by Crippen LogP contribution is 2.28. The SMILES string of the molecule is CCCn1c(CCNC(=O)C(C)Oc2ccc(Cl)cc2Cl)nc2ccccc21. The number of aryl methyl sites for hydroxylation is 1. The Kier molecular flexibility index (Phi) is 6.81. The standard InChI is InChI=1S/C21H23Cl2N3O2/c1-3-12-26-18-7-5-4-6-17(18)25-20(26)10-11-24-21(27)14(2)28-19-9-8-15(22)13-16(19)23/h4-9,13-14H,3,10-12H2,1-2H3,(H,24,27). The van der Waals surface area contributed by atoms with Crippen molar-refractivity contribution in [3.63, 3.8) is 0 Å². The minimum atomic E-state index is -0.673. The van der Waals surface area contributed by atoms with Gasteiger partial charge in [0.2, 0.25) is 0 Å². The van der Waals surface area contributed by atoms with Crippen molar-refractivity contribution in [2.75, 3.05) is 6.54 Å². The average molecular weight is 420 g/mol. The molecule has 0 saturated heterocycles. The monoisotopic (exact) mass is 419 g/mol. The highest BCUT2D eigenvalue weighted by molar-refractivity contribution is 6.35. The minimum absolute atomic E-state index is 0.204. The first-order valence-corrected chi connectivity index (χ1v) is 10.1. The molecule has 0 aliphatic rings. The van der Waals surface area contributed by atoms with Gasteiger partial charge in [0.25, 0.3) is 5.91 Å². The van der Waals surface area contributed by atoms with E-state index in [0.717, 1.165) is 29.8 Å². The van der Waals surface area contributed by atoms with Crippen molar-refractivity contribution in [1.82, 2.24) is 14.9 Å². The fourth-order valence-electron chi connectivity index (χ4n) is 3.05. The smallest absolute Gasteiger partial charge is 0.260 e. The number of benzene rings is 2. The van der Waals surface area contributed by atoms with Crippen molar-refractivity contribution in [1.29, 1.82) is 0 Å². The lowest BCUT2D eigenvalue weighted by Gasteiger charge is -2.16. The van der Waals surface area contributed by atoms with E-state index in [1.54, 1.807) is 25.1 Å². The number of nitrogens with one attached hydrogen (secondary N) is 1. The van der Waals surface area contributed by atoms with Crippen LogP contribution < -0.4 is 10.1 Å². The van der Waals surface area contributed by atoms with Crippen LogP contribution in [0.4, 0.5) is 0 Å². The van der Waals surface area contributed by atoms with Gasteiger partial charge in [-0.1, -0.05) is 42.3 Å². The number of ether oxygens (including phenoxy) is 1. The summed E-state index contributed by atoms with van der Waals surface area (Å²) in [6, 6.07) is 13.0. The van der Waals surface area contributed by atoms with E-state index in [1.165, 1.54) is 0 Å². The Balaban J connectivity index is 1.59. The van der Waals surface area contributed by atoms with Crippen LogP contribution in [-0.2, 0) is 17.8 Å². The summed E-state index contributed by atoms with van der Waals surface area (Å²) in [6.45, 7) is 5.21. The maximum Gasteiger partial charge on any atom is 0.260 e. The highest BCUT2D eigenvalue weighted by Gasteiger charge is 2.17. The number of imidazole rings is 1. The Hall–Kier alpha value is -2.24. The molecule has 0 bridgehead atoms. The lowest BCUT2D eigenvalue weighted by Crippen LogP contribution is -2.37. The number of hydrogen-bond donors (Lipinski definition) is 1. The molecule has 2 aromatic carbocycles. The van der Waals surface area contributed by atoms with E-state index >= 15 is 0 Å². The van der Waals surface area contributed by atoms with Gasteiger partial charge in [-0.3, -0.25) is 4.79 Å². The fraction of sp³-hybridized carbons (Fsp3) is 0.333. The summed E-state index contributed by atoms with van der Waals surface area (Å²) in [5.74, 6) is 1.19. The molecule has 0 saturated carbocycles. The lowest BCUT2D eigenvalue weighted by molar-refractivity contribution is -0.127. The molecule has 0 fully saturated rings. The molecule has 3 aromatic rings. The molecule has 1 heterocycles. The van der Waals surface area contributed by atoms with Crippen LogP contribution in [0.3, 0.4) is 0 Å². The molecule has 148 valence electrons. The molecule has 1 unspecified atom stereocenters. The van der Waals surface area contributed by atoms with E-state index in [9.17, 15) is 4.79 Å². The number of rotatable bonds is 8. The molecule has 0 aliphatic heterocycles.